The van der Waals surface area contributed by atoms with Crippen LogP contribution in [0.4, 0.5) is 0 Å². The molecule has 0 bridgehead atoms. The Bertz CT molecular complexity index is 565. The number of rotatable bonds is 5. The Labute approximate surface area is 112 Å². The summed E-state index contributed by atoms with van der Waals surface area (Å²) in [5.41, 5.74) is 8.13. The lowest BCUT2D eigenvalue weighted by Crippen LogP contribution is -2.29. The summed E-state index contributed by atoms with van der Waals surface area (Å²) in [4.78, 5) is 17.7. The van der Waals surface area contributed by atoms with Crippen molar-refractivity contribution < 1.29 is 9.21 Å². The molecule has 1 unspecified atom stereocenters. The van der Waals surface area contributed by atoms with Gasteiger partial charge in [0.25, 0.3) is 0 Å². The first-order chi connectivity index (χ1) is 9.10. The van der Waals surface area contributed by atoms with Crippen molar-refractivity contribution in [1.29, 1.82) is 0 Å². The molecule has 0 radical (unpaired) electrons. The molecule has 2 N–H and O–H groups in total. The molecule has 1 amide bonds. The molecule has 19 heavy (non-hydrogen) atoms. The monoisotopic (exact) mass is 261 g/mol. The van der Waals surface area contributed by atoms with Crippen LogP contribution in [0.15, 0.2) is 29.0 Å². The molecule has 2 rings (SSSR count). The van der Waals surface area contributed by atoms with Crippen molar-refractivity contribution in [1.82, 2.24) is 9.88 Å². The molecule has 0 fully saturated rings. The van der Waals surface area contributed by atoms with Crippen LogP contribution >= 0.6 is 0 Å². The maximum atomic E-state index is 12.0. The number of fused-ring (bicyclic) bond motifs is 1. The van der Waals surface area contributed by atoms with Crippen LogP contribution in [-0.4, -0.2) is 29.4 Å². The molecular formula is C14H19N3O2. The predicted molar refractivity (Wildman–Crippen MR) is 73.3 cm³/mol. The maximum absolute atomic E-state index is 12.0. The molecule has 5 nitrogen and oxygen atoms in total. The molecule has 0 saturated carbocycles. The number of hydrogen-bond donors (Lipinski definition) is 1. The maximum Gasteiger partial charge on any atom is 0.222 e. The Morgan fingerprint density at radius 1 is 1.53 bits per heavy atom. The van der Waals surface area contributed by atoms with Crippen LogP contribution in [0.25, 0.3) is 11.1 Å². The van der Waals surface area contributed by atoms with Gasteiger partial charge in [-0.15, -0.1) is 0 Å². The highest BCUT2D eigenvalue weighted by Crippen LogP contribution is 2.16. The van der Waals surface area contributed by atoms with Crippen LogP contribution in [0.3, 0.4) is 0 Å². The van der Waals surface area contributed by atoms with E-state index in [0.29, 0.717) is 19.5 Å². The SMILES string of the molecule is CC(CN)CC(=O)N(C)Cc1ccc2ncoc2c1. The normalized spacial score (nSPS) is 12.6. The number of carbonyl (C=O) groups excluding carboxylic acids is 1. The van der Waals surface area contributed by atoms with E-state index in [1.54, 1.807) is 11.9 Å². The number of amides is 1. The summed E-state index contributed by atoms with van der Waals surface area (Å²) in [7, 11) is 1.80. The molecule has 0 aliphatic rings. The van der Waals surface area contributed by atoms with E-state index in [-0.39, 0.29) is 11.8 Å². The van der Waals surface area contributed by atoms with E-state index in [2.05, 4.69) is 4.98 Å². The lowest BCUT2D eigenvalue weighted by Gasteiger charge is -2.19. The molecule has 2 aromatic rings. The van der Waals surface area contributed by atoms with E-state index in [1.165, 1.54) is 6.39 Å². The van der Waals surface area contributed by atoms with Crippen molar-refractivity contribution in [3.8, 4) is 0 Å². The molecule has 1 heterocycles. The van der Waals surface area contributed by atoms with Crippen LogP contribution in [0.5, 0.6) is 0 Å². The van der Waals surface area contributed by atoms with Gasteiger partial charge in [-0.1, -0.05) is 13.0 Å². The number of nitrogens with zero attached hydrogens (tertiary/aromatic N) is 2. The molecule has 5 heteroatoms. The first-order valence-electron chi connectivity index (χ1n) is 6.36. The second-order valence-corrected chi connectivity index (χ2v) is 4.95. The summed E-state index contributed by atoms with van der Waals surface area (Å²) >= 11 is 0. The van der Waals surface area contributed by atoms with Gasteiger partial charge in [0.05, 0.1) is 0 Å². The van der Waals surface area contributed by atoms with Gasteiger partial charge in [-0.3, -0.25) is 4.79 Å². The number of hydrogen-bond acceptors (Lipinski definition) is 4. The Kier molecular flexibility index (Phi) is 4.16. The van der Waals surface area contributed by atoms with Crippen LogP contribution < -0.4 is 5.73 Å². The van der Waals surface area contributed by atoms with Gasteiger partial charge in [-0.25, -0.2) is 4.98 Å². The second-order valence-electron chi connectivity index (χ2n) is 4.95. The van der Waals surface area contributed by atoms with Crippen molar-refractivity contribution in [2.75, 3.05) is 13.6 Å². The summed E-state index contributed by atoms with van der Waals surface area (Å²) in [5, 5.41) is 0. The van der Waals surface area contributed by atoms with E-state index < -0.39 is 0 Å². The number of benzene rings is 1. The molecule has 1 atom stereocenters. The first kappa shape index (κ1) is 13.5. The van der Waals surface area contributed by atoms with Gasteiger partial charge in [-0.05, 0) is 30.2 Å². The minimum absolute atomic E-state index is 0.107. The van der Waals surface area contributed by atoms with Gasteiger partial charge in [0, 0.05) is 20.0 Å². The zero-order valence-electron chi connectivity index (χ0n) is 11.3. The topological polar surface area (TPSA) is 72.4 Å². The molecule has 0 spiro atoms. The van der Waals surface area contributed by atoms with Crippen molar-refractivity contribution in [2.24, 2.45) is 11.7 Å². The van der Waals surface area contributed by atoms with Crippen LogP contribution in [0.2, 0.25) is 0 Å². The largest absolute Gasteiger partial charge is 0.443 e. The Balaban J connectivity index is 2.01. The Hall–Kier alpha value is -1.88. The molecule has 1 aromatic heterocycles. The molecular weight excluding hydrogens is 242 g/mol. The van der Waals surface area contributed by atoms with Crippen LogP contribution in [0, 0.1) is 5.92 Å². The summed E-state index contributed by atoms with van der Waals surface area (Å²) in [5.74, 6) is 0.322. The van der Waals surface area contributed by atoms with Crippen LogP contribution in [-0.2, 0) is 11.3 Å². The minimum atomic E-state index is 0.107. The zero-order valence-corrected chi connectivity index (χ0v) is 11.3. The van der Waals surface area contributed by atoms with Gasteiger partial charge in [0.15, 0.2) is 12.0 Å². The quantitative estimate of drug-likeness (QED) is 0.890. The summed E-state index contributed by atoms with van der Waals surface area (Å²) in [6, 6.07) is 5.77. The molecule has 0 saturated heterocycles. The summed E-state index contributed by atoms with van der Waals surface area (Å²) in [6.45, 7) is 3.07. The van der Waals surface area contributed by atoms with Crippen molar-refractivity contribution >= 4 is 17.0 Å². The minimum Gasteiger partial charge on any atom is -0.443 e. The molecule has 102 valence electrons. The molecule has 1 aromatic carbocycles. The highest BCUT2D eigenvalue weighted by atomic mass is 16.3. The summed E-state index contributed by atoms with van der Waals surface area (Å²) in [6.07, 6.45) is 1.91. The highest BCUT2D eigenvalue weighted by Gasteiger charge is 2.13. The van der Waals surface area contributed by atoms with Gasteiger partial charge in [0.1, 0.15) is 5.52 Å². The average Bonchev–Trinajstić information content (AvgIpc) is 2.85. The lowest BCUT2D eigenvalue weighted by atomic mass is 10.1. The highest BCUT2D eigenvalue weighted by molar-refractivity contribution is 5.76. The van der Waals surface area contributed by atoms with Gasteiger partial charge in [0.2, 0.25) is 5.91 Å². The van der Waals surface area contributed by atoms with Gasteiger partial charge < -0.3 is 15.1 Å². The standard InChI is InChI=1S/C14H19N3O2/c1-10(7-15)5-14(18)17(2)8-11-3-4-12-13(6-11)19-9-16-12/h3-4,6,9-10H,5,7-8,15H2,1-2H3. The van der Waals surface area contributed by atoms with E-state index in [0.717, 1.165) is 16.7 Å². The lowest BCUT2D eigenvalue weighted by molar-refractivity contribution is -0.131. The fourth-order valence-corrected chi connectivity index (χ4v) is 1.90. The number of oxazole rings is 1. The van der Waals surface area contributed by atoms with Gasteiger partial charge >= 0.3 is 0 Å². The van der Waals surface area contributed by atoms with Crippen molar-refractivity contribution in [2.45, 2.75) is 19.9 Å². The third-order valence-corrected chi connectivity index (χ3v) is 3.17. The number of nitrogens with two attached hydrogens (primary N) is 1. The smallest absolute Gasteiger partial charge is 0.222 e. The van der Waals surface area contributed by atoms with Crippen LogP contribution in [0.1, 0.15) is 18.9 Å². The molecule has 0 aliphatic heterocycles. The van der Waals surface area contributed by atoms with E-state index in [1.807, 2.05) is 25.1 Å². The van der Waals surface area contributed by atoms with Crippen molar-refractivity contribution in [3.63, 3.8) is 0 Å². The average molecular weight is 261 g/mol. The van der Waals surface area contributed by atoms with Crippen molar-refractivity contribution in [3.05, 3.63) is 30.2 Å². The number of aromatic nitrogens is 1. The molecule has 0 aliphatic carbocycles. The predicted octanol–water partition coefficient (Wildman–Crippen LogP) is 1.77. The third-order valence-electron chi connectivity index (χ3n) is 3.17. The second kappa shape index (κ2) is 5.84. The van der Waals surface area contributed by atoms with Gasteiger partial charge in [-0.2, -0.15) is 0 Å². The fourth-order valence-electron chi connectivity index (χ4n) is 1.90. The van der Waals surface area contributed by atoms with E-state index in [4.69, 9.17) is 10.2 Å². The summed E-state index contributed by atoms with van der Waals surface area (Å²) < 4.78 is 5.25. The third kappa shape index (κ3) is 3.32. The van der Waals surface area contributed by atoms with E-state index in [9.17, 15) is 4.79 Å². The van der Waals surface area contributed by atoms with E-state index >= 15 is 0 Å². The first-order valence-corrected chi connectivity index (χ1v) is 6.36. The Morgan fingerprint density at radius 3 is 3.05 bits per heavy atom. The number of carbonyl (C=O) groups is 1. The fraction of sp³-hybridized carbons (Fsp3) is 0.429. The Morgan fingerprint density at radius 2 is 2.32 bits per heavy atom. The zero-order chi connectivity index (χ0) is 13.8.